The Hall–Kier alpha value is -2.89. The van der Waals surface area contributed by atoms with Crippen molar-refractivity contribution in [1.29, 1.82) is 0 Å². The summed E-state index contributed by atoms with van der Waals surface area (Å²) in [6, 6.07) is 21.8. The number of aromatic nitrogens is 2. The van der Waals surface area contributed by atoms with Crippen LogP contribution in [-0.2, 0) is 0 Å². The number of rotatable bonds is 5. The van der Waals surface area contributed by atoms with Gasteiger partial charge >= 0.3 is 0 Å². The maximum atomic E-state index is 13.1. The molecular formula is C22H24N4O. The maximum Gasteiger partial charge on any atom is 0.269 e. The summed E-state index contributed by atoms with van der Waals surface area (Å²) < 4.78 is 3.84. The summed E-state index contributed by atoms with van der Waals surface area (Å²) in [6.07, 6.45) is 1.67. The quantitative estimate of drug-likeness (QED) is 0.712. The lowest BCUT2D eigenvalue weighted by Crippen LogP contribution is -2.48. The summed E-state index contributed by atoms with van der Waals surface area (Å²) in [5, 5.41) is 3.37. The van der Waals surface area contributed by atoms with Crippen molar-refractivity contribution in [1.82, 2.24) is 19.6 Å². The van der Waals surface area contributed by atoms with Crippen LogP contribution in [0.1, 0.15) is 6.17 Å². The molecule has 1 N–H and O–H groups in total. The predicted molar refractivity (Wildman–Crippen MR) is 109 cm³/mol. The highest BCUT2D eigenvalue weighted by Gasteiger charge is 2.25. The van der Waals surface area contributed by atoms with Gasteiger partial charge in [-0.05, 0) is 12.1 Å². The number of benzene rings is 2. The molecule has 4 rings (SSSR count). The molecule has 1 aromatic heterocycles. The van der Waals surface area contributed by atoms with Gasteiger partial charge in [-0.2, -0.15) is 0 Å². The minimum absolute atomic E-state index is 0.0267. The van der Waals surface area contributed by atoms with Gasteiger partial charge in [-0.1, -0.05) is 61.2 Å². The van der Waals surface area contributed by atoms with Crippen LogP contribution in [0.25, 0.3) is 16.9 Å². The Kier molecular flexibility index (Phi) is 5.05. The average Bonchev–Trinajstić information content (AvgIpc) is 3.08. The van der Waals surface area contributed by atoms with Crippen molar-refractivity contribution in [3.8, 4) is 16.9 Å². The predicted octanol–water partition coefficient (Wildman–Crippen LogP) is 2.90. The standard InChI is InChI=1S/C22H24N4O/c1-2-21(24-15-13-23-14-16-24)26-22(27)17-20(18-9-5-3-6-10-18)25(26)19-11-7-4-8-12-19/h2-12,17,21,23H,1,13-16H2. The lowest BCUT2D eigenvalue weighted by molar-refractivity contribution is 0.138. The van der Waals surface area contributed by atoms with E-state index in [2.05, 4.69) is 16.8 Å². The molecule has 0 bridgehead atoms. The van der Waals surface area contributed by atoms with E-state index in [0.717, 1.165) is 43.1 Å². The van der Waals surface area contributed by atoms with E-state index in [9.17, 15) is 4.79 Å². The van der Waals surface area contributed by atoms with Crippen LogP contribution >= 0.6 is 0 Å². The SMILES string of the molecule is C=CC(N1CCNCC1)n1c(=O)cc(-c2ccccc2)n1-c1ccccc1. The Labute approximate surface area is 159 Å². The number of nitrogens with zero attached hydrogens (tertiary/aromatic N) is 3. The van der Waals surface area contributed by atoms with Crippen LogP contribution in [0.3, 0.4) is 0 Å². The molecule has 5 heteroatoms. The summed E-state index contributed by atoms with van der Waals surface area (Å²) in [7, 11) is 0. The van der Waals surface area contributed by atoms with Crippen LogP contribution in [0.15, 0.2) is 84.2 Å². The molecule has 0 amide bonds. The average molecular weight is 360 g/mol. The Morgan fingerprint density at radius 2 is 1.59 bits per heavy atom. The molecule has 1 fully saturated rings. The van der Waals surface area contributed by atoms with E-state index in [0.29, 0.717) is 0 Å². The van der Waals surface area contributed by atoms with Gasteiger partial charge in [0, 0.05) is 37.8 Å². The van der Waals surface area contributed by atoms with Gasteiger partial charge in [0.1, 0.15) is 6.17 Å². The van der Waals surface area contributed by atoms with Gasteiger partial charge in [0.15, 0.2) is 0 Å². The molecule has 27 heavy (non-hydrogen) atoms. The van der Waals surface area contributed by atoms with Gasteiger partial charge in [0.05, 0.1) is 11.4 Å². The van der Waals surface area contributed by atoms with E-state index < -0.39 is 0 Å². The monoisotopic (exact) mass is 360 g/mol. The van der Waals surface area contributed by atoms with Crippen molar-refractivity contribution in [2.45, 2.75) is 6.17 Å². The van der Waals surface area contributed by atoms with Crippen molar-refractivity contribution in [3.05, 3.63) is 89.7 Å². The molecule has 0 saturated carbocycles. The van der Waals surface area contributed by atoms with Crippen molar-refractivity contribution < 1.29 is 0 Å². The third-order valence-electron chi connectivity index (χ3n) is 4.99. The van der Waals surface area contributed by atoms with Gasteiger partial charge < -0.3 is 5.32 Å². The van der Waals surface area contributed by atoms with Crippen molar-refractivity contribution in [3.63, 3.8) is 0 Å². The topological polar surface area (TPSA) is 42.2 Å². The van der Waals surface area contributed by atoms with Crippen LogP contribution in [0.5, 0.6) is 0 Å². The van der Waals surface area contributed by atoms with Gasteiger partial charge in [-0.15, -0.1) is 0 Å². The highest BCUT2D eigenvalue weighted by atomic mass is 16.1. The molecule has 0 aliphatic carbocycles. The van der Waals surface area contributed by atoms with Crippen LogP contribution in [0, 0.1) is 0 Å². The first kappa shape index (κ1) is 17.5. The third kappa shape index (κ3) is 3.39. The van der Waals surface area contributed by atoms with E-state index in [-0.39, 0.29) is 11.7 Å². The fraction of sp³-hybridized carbons (Fsp3) is 0.227. The zero-order chi connectivity index (χ0) is 18.6. The van der Waals surface area contributed by atoms with Crippen molar-refractivity contribution in [2.75, 3.05) is 26.2 Å². The Morgan fingerprint density at radius 1 is 0.963 bits per heavy atom. The molecule has 0 spiro atoms. The minimum Gasteiger partial charge on any atom is -0.314 e. The van der Waals surface area contributed by atoms with Crippen LogP contribution in [0.2, 0.25) is 0 Å². The molecule has 1 aliphatic heterocycles. The molecule has 1 saturated heterocycles. The van der Waals surface area contributed by atoms with E-state index in [4.69, 9.17) is 0 Å². The molecular weight excluding hydrogens is 336 g/mol. The van der Waals surface area contributed by atoms with Crippen LogP contribution < -0.4 is 10.9 Å². The van der Waals surface area contributed by atoms with Crippen molar-refractivity contribution >= 4 is 0 Å². The van der Waals surface area contributed by atoms with Gasteiger partial charge in [0.25, 0.3) is 5.56 Å². The van der Waals surface area contributed by atoms with Gasteiger partial charge in [-0.3, -0.25) is 9.69 Å². The summed E-state index contributed by atoms with van der Waals surface area (Å²) in [6.45, 7) is 7.62. The maximum absolute atomic E-state index is 13.1. The third-order valence-corrected chi connectivity index (χ3v) is 4.99. The second-order valence-corrected chi connectivity index (χ2v) is 6.66. The Balaban J connectivity index is 1.92. The number of hydrogen-bond acceptors (Lipinski definition) is 3. The fourth-order valence-corrected chi connectivity index (χ4v) is 3.71. The molecule has 0 radical (unpaired) electrons. The molecule has 1 unspecified atom stereocenters. The molecule has 2 aromatic carbocycles. The van der Waals surface area contributed by atoms with E-state index in [1.54, 1.807) is 6.07 Å². The zero-order valence-corrected chi connectivity index (χ0v) is 15.3. The van der Waals surface area contributed by atoms with Gasteiger partial charge in [-0.25, -0.2) is 9.36 Å². The van der Waals surface area contributed by atoms with Crippen molar-refractivity contribution in [2.24, 2.45) is 0 Å². The first-order valence-electron chi connectivity index (χ1n) is 9.32. The molecule has 5 nitrogen and oxygen atoms in total. The fourth-order valence-electron chi connectivity index (χ4n) is 3.71. The normalized spacial score (nSPS) is 16.1. The Morgan fingerprint density at radius 3 is 2.22 bits per heavy atom. The Bertz CT molecular complexity index is 953. The summed E-state index contributed by atoms with van der Waals surface area (Å²) >= 11 is 0. The highest BCUT2D eigenvalue weighted by Crippen LogP contribution is 2.25. The number of nitrogens with one attached hydrogen (secondary N) is 1. The first-order chi connectivity index (χ1) is 13.3. The first-order valence-corrected chi connectivity index (χ1v) is 9.32. The van der Waals surface area contributed by atoms with E-state index in [1.165, 1.54) is 0 Å². The van der Waals surface area contributed by atoms with Crippen LogP contribution in [0.4, 0.5) is 0 Å². The molecule has 3 aromatic rings. The largest absolute Gasteiger partial charge is 0.314 e. The van der Waals surface area contributed by atoms with Crippen LogP contribution in [-0.4, -0.2) is 40.4 Å². The molecule has 138 valence electrons. The second-order valence-electron chi connectivity index (χ2n) is 6.66. The summed E-state index contributed by atoms with van der Waals surface area (Å²) in [5.74, 6) is 0. The molecule has 1 atom stereocenters. The lowest BCUT2D eigenvalue weighted by Gasteiger charge is -2.34. The van der Waals surface area contributed by atoms with E-state index in [1.807, 2.05) is 76.1 Å². The van der Waals surface area contributed by atoms with Gasteiger partial charge in [0.2, 0.25) is 0 Å². The number of para-hydroxylation sites is 1. The number of hydrogen-bond donors (Lipinski definition) is 1. The highest BCUT2D eigenvalue weighted by molar-refractivity contribution is 5.62. The zero-order valence-electron chi connectivity index (χ0n) is 15.3. The second kappa shape index (κ2) is 7.78. The summed E-state index contributed by atoms with van der Waals surface area (Å²) in [4.78, 5) is 15.4. The minimum atomic E-state index is -0.197. The molecule has 2 heterocycles. The van der Waals surface area contributed by atoms with E-state index >= 15 is 0 Å². The summed E-state index contributed by atoms with van der Waals surface area (Å²) in [5.41, 5.74) is 2.83. The number of piperazine rings is 1. The lowest BCUT2D eigenvalue weighted by atomic mass is 10.1. The molecule has 1 aliphatic rings. The smallest absolute Gasteiger partial charge is 0.269 e.